The van der Waals surface area contributed by atoms with E-state index in [1.807, 2.05) is 0 Å². The maximum atomic E-state index is 11.5. The van der Waals surface area contributed by atoms with Gasteiger partial charge in [0, 0.05) is 29.8 Å². The number of nitro benzene ring substituents is 2. The Morgan fingerprint density at radius 2 is 1.58 bits per heavy atom. The molecule has 0 aliphatic heterocycles. The lowest BCUT2D eigenvalue weighted by Crippen LogP contribution is -2.06. The van der Waals surface area contributed by atoms with Crippen molar-refractivity contribution in [3.8, 4) is 11.5 Å². The predicted molar refractivity (Wildman–Crippen MR) is 82.0 cm³/mol. The van der Waals surface area contributed by atoms with Crippen molar-refractivity contribution in [3.63, 3.8) is 0 Å². The first-order valence-corrected chi connectivity index (χ1v) is 6.67. The summed E-state index contributed by atoms with van der Waals surface area (Å²) in [6.07, 6.45) is -0.208. The molecule has 0 saturated carbocycles. The number of non-ortho nitro benzene ring substituents is 2. The van der Waals surface area contributed by atoms with Gasteiger partial charge in [-0.15, -0.1) is 0 Å². The topological polar surface area (TPSA) is 122 Å². The van der Waals surface area contributed by atoms with Crippen molar-refractivity contribution in [2.75, 3.05) is 7.11 Å². The minimum absolute atomic E-state index is 0.0965. The minimum atomic E-state index is -0.587. The van der Waals surface area contributed by atoms with Crippen LogP contribution in [0.5, 0.6) is 11.5 Å². The van der Waals surface area contributed by atoms with Crippen LogP contribution in [0.25, 0.3) is 0 Å². The van der Waals surface area contributed by atoms with E-state index in [-0.39, 0.29) is 29.1 Å². The molecule has 2 rings (SSSR count). The van der Waals surface area contributed by atoms with Crippen molar-refractivity contribution in [2.45, 2.75) is 6.42 Å². The van der Waals surface area contributed by atoms with Gasteiger partial charge >= 0.3 is 5.97 Å². The molecule has 0 bridgehead atoms. The van der Waals surface area contributed by atoms with Gasteiger partial charge in [-0.3, -0.25) is 25.0 Å². The smallest absolute Gasteiger partial charge is 0.310 e. The van der Waals surface area contributed by atoms with E-state index in [2.05, 4.69) is 4.74 Å². The fourth-order valence-electron chi connectivity index (χ4n) is 1.91. The van der Waals surface area contributed by atoms with Crippen LogP contribution in [0.1, 0.15) is 5.56 Å². The summed E-state index contributed by atoms with van der Waals surface area (Å²) >= 11 is 0. The van der Waals surface area contributed by atoms with Crippen LogP contribution in [0.3, 0.4) is 0 Å². The average molecular weight is 332 g/mol. The molecule has 0 atom stereocenters. The second-order valence-electron chi connectivity index (χ2n) is 4.66. The maximum absolute atomic E-state index is 11.5. The normalized spacial score (nSPS) is 10.0. The second-order valence-corrected chi connectivity index (χ2v) is 4.66. The van der Waals surface area contributed by atoms with Crippen LogP contribution in [0, 0.1) is 20.2 Å². The first-order chi connectivity index (χ1) is 11.4. The Balaban J connectivity index is 2.32. The van der Waals surface area contributed by atoms with Crippen molar-refractivity contribution in [3.05, 3.63) is 68.3 Å². The molecule has 0 unspecified atom stereocenters. The first-order valence-electron chi connectivity index (χ1n) is 6.67. The molecule has 124 valence electrons. The predicted octanol–water partition coefficient (Wildman–Crippen LogP) is 3.01. The number of nitro groups is 2. The molecule has 0 amide bonds. The van der Waals surface area contributed by atoms with Gasteiger partial charge in [0.2, 0.25) is 0 Å². The van der Waals surface area contributed by atoms with E-state index in [0.717, 1.165) is 0 Å². The van der Waals surface area contributed by atoms with Gasteiger partial charge in [0.1, 0.15) is 11.5 Å². The third-order valence-corrected chi connectivity index (χ3v) is 3.09. The Morgan fingerprint density at radius 3 is 2.12 bits per heavy atom. The molecule has 0 N–H and O–H groups in total. The number of nitrogens with zero attached hydrogens (tertiary/aromatic N) is 2. The highest BCUT2D eigenvalue weighted by atomic mass is 16.6. The number of hydrogen-bond acceptors (Lipinski definition) is 7. The number of ether oxygens (including phenoxy) is 2. The van der Waals surface area contributed by atoms with Crippen molar-refractivity contribution in [2.24, 2.45) is 0 Å². The molecule has 0 aromatic heterocycles. The average Bonchev–Trinajstić information content (AvgIpc) is 2.56. The minimum Gasteiger partial charge on any atom is -0.469 e. The number of rotatable bonds is 6. The molecule has 0 radical (unpaired) electrons. The van der Waals surface area contributed by atoms with Gasteiger partial charge in [0.05, 0.1) is 23.4 Å². The maximum Gasteiger partial charge on any atom is 0.310 e. The van der Waals surface area contributed by atoms with Crippen LogP contribution in [0.4, 0.5) is 11.4 Å². The van der Waals surface area contributed by atoms with E-state index in [9.17, 15) is 25.0 Å². The SMILES string of the molecule is COC(=O)Cc1cc([N+](=O)[O-])ccc1Oc1ccc([N+](=O)[O-])cc1. The fourth-order valence-corrected chi connectivity index (χ4v) is 1.91. The molecule has 0 saturated heterocycles. The largest absolute Gasteiger partial charge is 0.469 e. The summed E-state index contributed by atoms with van der Waals surface area (Å²) in [4.78, 5) is 31.8. The van der Waals surface area contributed by atoms with Crippen LogP contribution in [-0.2, 0) is 16.0 Å². The van der Waals surface area contributed by atoms with Gasteiger partial charge in [0.15, 0.2) is 0 Å². The summed E-state index contributed by atoms with van der Waals surface area (Å²) in [6, 6.07) is 9.13. The number of carbonyl (C=O) groups is 1. The van der Waals surface area contributed by atoms with Crippen molar-refractivity contribution in [1.29, 1.82) is 0 Å². The van der Waals surface area contributed by atoms with E-state index in [1.54, 1.807) is 0 Å². The van der Waals surface area contributed by atoms with E-state index in [1.165, 1.54) is 49.6 Å². The molecule has 24 heavy (non-hydrogen) atoms. The summed E-state index contributed by atoms with van der Waals surface area (Å²) in [5.74, 6) is -0.0653. The van der Waals surface area contributed by atoms with Crippen LogP contribution in [0.15, 0.2) is 42.5 Å². The zero-order valence-corrected chi connectivity index (χ0v) is 12.5. The molecule has 0 aliphatic carbocycles. The summed E-state index contributed by atoms with van der Waals surface area (Å²) in [5, 5.41) is 21.5. The van der Waals surface area contributed by atoms with Gasteiger partial charge in [-0.2, -0.15) is 0 Å². The summed E-state index contributed by atoms with van der Waals surface area (Å²) < 4.78 is 10.1. The van der Waals surface area contributed by atoms with Gasteiger partial charge in [-0.1, -0.05) is 0 Å². The lowest BCUT2D eigenvalue weighted by Gasteiger charge is -2.10. The number of benzene rings is 2. The molecule has 9 heteroatoms. The third-order valence-electron chi connectivity index (χ3n) is 3.09. The van der Waals surface area contributed by atoms with Crippen molar-refractivity contribution >= 4 is 17.3 Å². The van der Waals surface area contributed by atoms with E-state index in [4.69, 9.17) is 4.74 Å². The molecule has 2 aromatic carbocycles. The molecule has 0 spiro atoms. The molecule has 9 nitrogen and oxygen atoms in total. The van der Waals surface area contributed by atoms with E-state index in [0.29, 0.717) is 5.75 Å². The number of esters is 1. The standard InChI is InChI=1S/C15H12N2O7/c1-23-15(18)9-10-8-12(17(21)22)4-7-14(10)24-13-5-2-11(3-6-13)16(19)20/h2-8H,9H2,1H3. The van der Waals surface area contributed by atoms with Crippen LogP contribution >= 0.6 is 0 Å². The third kappa shape index (κ3) is 4.03. The molecule has 0 heterocycles. The van der Waals surface area contributed by atoms with Gasteiger partial charge in [-0.25, -0.2) is 0 Å². The van der Waals surface area contributed by atoms with Crippen molar-refractivity contribution < 1.29 is 24.1 Å². The Morgan fingerprint density at radius 1 is 1.00 bits per heavy atom. The molecular weight excluding hydrogens is 320 g/mol. The highest BCUT2D eigenvalue weighted by Crippen LogP contribution is 2.30. The lowest BCUT2D eigenvalue weighted by molar-refractivity contribution is -0.385. The van der Waals surface area contributed by atoms with E-state index >= 15 is 0 Å². The number of carbonyl (C=O) groups excluding carboxylic acids is 1. The zero-order valence-electron chi connectivity index (χ0n) is 12.5. The van der Waals surface area contributed by atoms with Crippen molar-refractivity contribution in [1.82, 2.24) is 0 Å². The quantitative estimate of drug-likeness (QED) is 0.452. The lowest BCUT2D eigenvalue weighted by atomic mass is 10.1. The van der Waals surface area contributed by atoms with Crippen LogP contribution in [0.2, 0.25) is 0 Å². The second kappa shape index (κ2) is 7.18. The number of hydrogen-bond donors (Lipinski definition) is 0. The van der Waals surface area contributed by atoms with Gasteiger partial charge in [-0.05, 0) is 18.2 Å². The van der Waals surface area contributed by atoms with Crippen LogP contribution in [-0.4, -0.2) is 22.9 Å². The van der Waals surface area contributed by atoms with Gasteiger partial charge in [0.25, 0.3) is 11.4 Å². The molecular formula is C15H12N2O7. The van der Waals surface area contributed by atoms with Crippen LogP contribution < -0.4 is 4.74 Å². The highest BCUT2D eigenvalue weighted by Gasteiger charge is 2.16. The molecule has 2 aromatic rings. The summed E-state index contributed by atoms with van der Waals surface area (Å²) in [6.45, 7) is 0. The summed E-state index contributed by atoms with van der Waals surface area (Å²) in [5.41, 5.74) is -0.0137. The summed E-state index contributed by atoms with van der Waals surface area (Å²) in [7, 11) is 1.20. The molecule has 0 fully saturated rings. The Labute approximate surface area is 135 Å². The van der Waals surface area contributed by atoms with Gasteiger partial charge < -0.3 is 9.47 Å². The molecule has 0 aliphatic rings. The number of methoxy groups -OCH3 is 1. The fraction of sp³-hybridized carbons (Fsp3) is 0.133. The highest BCUT2D eigenvalue weighted by molar-refractivity contribution is 5.74. The first kappa shape index (κ1) is 16.9. The Bertz CT molecular complexity index is 787. The Hall–Kier alpha value is -3.49. The van der Waals surface area contributed by atoms with E-state index < -0.39 is 15.8 Å². The zero-order chi connectivity index (χ0) is 17.7. The Kier molecular flexibility index (Phi) is 5.05. The monoisotopic (exact) mass is 332 g/mol.